The normalized spacial score (nSPS) is 16.7. The van der Waals surface area contributed by atoms with Gasteiger partial charge in [-0.1, -0.05) is 0 Å². The molecule has 1 unspecified atom stereocenters. The second-order valence-corrected chi connectivity index (χ2v) is 6.93. The molecule has 0 saturated carbocycles. The van der Waals surface area contributed by atoms with Crippen molar-refractivity contribution in [3.8, 4) is 0 Å². The van der Waals surface area contributed by atoms with Crippen molar-refractivity contribution in [1.29, 1.82) is 0 Å². The van der Waals surface area contributed by atoms with Crippen molar-refractivity contribution in [3.05, 3.63) is 0 Å². The maximum absolute atomic E-state index is 12.9. The molecular formula is C5H10F3NO3S2. The summed E-state index contributed by atoms with van der Waals surface area (Å²) in [5.74, 6) is 0. The minimum Gasteiger partial charge on any atom is -0.236 e. The van der Waals surface area contributed by atoms with E-state index in [2.05, 4.69) is 0 Å². The van der Waals surface area contributed by atoms with Crippen LogP contribution in [0.1, 0.15) is 20.8 Å². The predicted octanol–water partition coefficient (Wildman–Crippen LogP) is 0.888. The minimum atomic E-state index is -4.68. The fourth-order valence-corrected chi connectivity index (χ4v) is 2.45. The summed E-state index contributed by atoms with van der Waals surface area (Å²) in [5, 5.41) is -6.52. The number of hydrogen-bond acceptors (Lipinski definition) is 3. The molecule has 86 valence electrons. The molecule has 0 spiro atoms. The summed E-state index contributed by atoms with van der Waals surface area (Å²) in [6.45, 7) is 1.57. The Labute approximate surface area is 82.5 Å². The predicted molar refractivity (Wildman–Crippen MR) is 46.0 cm³/mol. The van der Waals surface area contributed by atoms with Gasteiger partial charge in [0.1, 0.15) is 0 Å². The van der Waals surface area contributed by atoms with Gasteiger partial charge in [-0.15, -0.1) is 4.13 Å². The SMILES string of the molecule is CC(F)(F)S(=O)NS(=O)(=O)C(C)(C)F. The van der Waals surface area contributed by atoms with E-state index < -0.39 is 31.3 Å². The summed E-state index contributed by atoms with van der Waals surface area (Å²) in [6, 6.07) is 0. The standard InChI is InChI=1S/C5H10F3NO3S2/c1-4(2,6)14(11,12)9-13(10)5(3,7)8/h9H,1-3H3. The fraction of sp³-hybridized carbons (Fsp3) is 1.00. The van der Waals surface area contributed by atoms with E-state index >= 15 is 0 Å². The molecule has 4 nitrogen and oxygen atoms in total. The molecule has 0 aromatic rings. The van der Waals surface area contributed by atoms with Crippen LogP contribution < -0.4 is 4.13 Å². The van der Waals surface area contributed by atoms with E-state index in [4.69, 9.17) is 0 Å². The van der Waals surface area contributed by atoms with Gasteiger partial charge in [0.05, 0.1) is 0 Å². The van der Waals surface area contributed by atoms with E-state index in [1.807, 2.05) is 0 Å². The number of sulfonamides is 1. The van der Waals surface area contributed by atoms with Gasteiger partial charge in [0.25, 0.3) is 10.0 Å². The highest BCUT2D eigenvalue weighted by Gasteiger charge is 2.40. The summed E-state index contributed by atoms with van der Waals surface area (Å²) >= 11 is 0. The first-order valence-electron chi connectivity index (χ1n) is 3.38. The van der Waals surface area contributed by atoms with E-state index in [9.17, 15) is 25.8 Å². The van der Waals surface area contributed by atoms with Crippen LogP contribution in [0.15, 0.2) is 0 Å². The zero-order valence-corrected chi connectivity index (χ0v) is 9.31. The third-order valence-corrected chi connectivity index (χ3v) is 4.56. The molecular weight excluding hydrogens is 243 g/mol. The van der Waals surface area contributed by atoms with Crippen molar-refractivity contribution in [2.75, 3.05) is 0 Å². The first kappa shape index (κ1) is 13.8. The highest BCUT2D eigenvalue weighted by Crippen LogP contribution is 2.21. The second-order valence-electron chi connectivity index (χ2n) is 3.03. The lowest BCUT2D eigenvalue weighted by atomic mass is 10.5. The summed E-state index contributed by atoms with van der Waals surface area (Å²) in [7, 11) is -7.84. The van der Waals surface area contributed by atoms with Gasteiger partial charge in [0, 0.05) is 6.92 Å². The molecule has 0 aromatic heterocycles. The van der Waals surface area contributed by atoms with Gasteiger partial charge >= 0.3 is 5.25 Å². The lowest BCUT2D eigenvalue weighted by molar-refractivity contribution is 0.121. The Morgan fingerprint density at radius 1 is 1.14 bits per heavy atom. The maximum atomic E-state index is 12.9. The van der Waals surface area contributed by atoms with E-state index in [-0.39, 0.29) is 6.92 Å². The molecule has 1 atom stereocenters. The Balaban J connectivity index is 4.82. The molecule has 0 aliphatic carbocycles. The lowest BCUT2D eigenvalue weighted by Gasteiger charge is -2.17. The summed E-state index contributed by atoms with van der Waals surface area (Å²) in [4.78, 5) is 0. The van der Waals surface area contributed by atoms with Crippen LogP contribution >= 0.6 is 0 Å². The maximum Gasteiger partial charge on any atom is 0.332 e. The molecule has 0 amide bonds. The highest BCUT2D eigenvalue weighted by molar-refractivity contribution is 8.02. The lowest BCUT2D eigenvalue weighted by Crippen LogP contribution is -2.43. The average Bonchev–Trinajstić information content (AvgIpc) is 1.80. The molecule has 0 bridgehead atoms. The van der Waals surface area contributed by atoms with Crippen molar-refractivity contribution in [3.63, 3.8) is 0 Å². The van der Waals surface area contributed by atoms with Crippen molar-refractivity contribution >= 4 is 21.0 Å². The van der Waals surface area contributed by atoms with Gasteiger partial charge in [0.15, 0.2) is 11.0 Å². The van der Waals surface area contributed by atoms with E-state index in [1.165, 1.54) is 0 Å². The molecule has 0 rings (SSSR count). The second kappa shape index (κ2) is 3.78. The Kier molecular flexibility index (Phi) is 3.74. The van der Waals surface area contributed by atoms with Crippen LogP contribution in [0.4, 0.5) is 13.2 Å². The molecule has 0 radical (unpaired) electrons. The van der Waals surface area contributed by atoms with Gasteiger partial charge in [-0.2, -0.15) is 8.78 Å². The van der Waals surface area contributed by atoms with Crippen LogP contribution in [0.3, 0.4) is 0 Å². The van der Waals surface area contributed by atoms with Crippen LogP contribution in [0.2, 0.25) is 0 Å². The van der Waals surface area contributed by atoms with Gasteiger partial charge in [-0.05, 0) is 13.8 Å². The minimum absolute atomic E-state index is 0.261. The third kappa shape index (κ3) is 3.54. The van der Waals surface area contributed by atoms with Gasteiger partial charge in [-0.25, -0.2) is 17.0 Å². The highest BCUT2D eigenvalue weighted by atomic mass is 32.3. The zero-order chi connectivity index (χ0) is 11.8. The van der Waals surface area contributed by atoms with Gasteiger partial charge in [0.2, 0.25) is 5.00 Å². The number of nitrogens with one attached hydrogen (secondary N) is 1. The largest absolute Gasteiger partial charge is 0.332 e. The molecule has 9 heteroatoms. The molecule has 0 aliphatic rings. The quantitative estimate of drug-likeness (QED) is 0.809. The first-order chi connectivity index (χ1) is 5.88. The zero-order valence-electron chi connectivity index (χ0n) is 7.68. The molecule has 1 N–H and O–H groups in total. The van der Waals surface area contributed by atoms with Crippen molar-refractivity contribution in [2.45, 2.75) is 31.0 Å². The van der Waals surface area contributed by atoms with Gasteiger partial charge in [-0.3, -0.25) is 0 Å². The van der Waals surface area contributed by atoms with Crippen molar-refractivity contribution in [1.82, 2.24) is 4.13 Å². The van der Waals surface area contributed by atoms with Crippen LogP contribution in [0.5, 0.6) is 0 Å². The molecule has 0 aliphatic heterocycles. The van der Waals surface area contributed by atoms with Crippen molar-refractivity contribution < 1.29 is 25.8 Å². The fourth-order valence-electron chi connectivity index (χ4n) is 0.272. The van der Waals surface area contributed by atoms with E-state index in [0.29, 0.717) is 13.8 Å². The Morgan fingerprint density at radius 2 is 1.50 bits per heavy atom. The number of rotatable bonds is 4. The number of alkyl halides is 3. The first-order valence-corrected chi connectivity index (χ1v) is 6.02. The van der Waals surface area contributed by atoms with Crippen LogP contribution in [0, 0.1) is 0 Å². The van der Waals surface area contributed by atoms with E-state index in [0.717, 1.165) is 4.13 Å². The smallest absolute Gasteiger partial charge is 0.236 e. The number of halogens is 3. The van der Waals surface area contributed by atoms with Crippen LogP contribution in [-0.2, 0) is 21.0 Å². The van der Waals surface area contributed by atoms with Crippen molar-refractivity contribution in [2.24, 2.45) is 0 Å². The molecule has 0 heterocycles. The van der Waals surface area contributed by atoms with Crippen LogP contribution in [0.25, 0.3) is 0 Å². The van der Waals surface area contributed by atoms with Crippen LogP contribution in [-0.4, -0.2) is 22.9 Å². The summed E-state index contributed by atoms with van der Waals surface area (Å²) in [5.41, 5.74) is 0. The Morgan fingerprint density at radius 3 is 1.71 bits per heavy atom. The third-order valence-electron chi connectivity index (χ3n) is 1.15. The summed E-state index contributed by atoms with van der Waals surface area (Å²) < 4.78 is 70.9. The number of hydrogen-bond donors (Lipinski definition) is 1. The molecule has 0 saturated heterocycles. The molecule has 14 heavy (non-hydrogen) atoms. The topological polar surface area (TPSA) is 63.2 Å². The molecule has 0 fully saturated rings. The van der Waals surface area contributed by atoms with E-state index in [1.54, 1.807) is 0 Å². The Bertz CT molecular complexity index is 327. The molecule has 0 aromatic carbocycles. The monoisotopic (exact) mass is 253 g/mol. The Hall–Kier alpha value is -0.150. The average molecular weight is 253 g/mol. The van der Waals surface area contributed by atoms with Gasteiger partial charge < -0.3 is 0 Å². The summed E-state index contributed by atoms with van der Waals surface area (Å²) in [6.07, 6.45) is 0.